The van der Waals surface area contributed by atoms with Gasteiger partial charge in [0, 0.05) is 0 Å². The van der Waals surface area contributed by atoms with E-state index in [-0.39, 0.29) is 17.0 Å². The summed E-state index contributed by atoms with van der Waals surface area (Å²) in [4.78, 5) is 9.91. The summed E-state index contributed by atoms with van der Waals surface area (Å²) in [6, 6.07) is -0.792. The predicted molar refractivity (Wildman–Crippen MR) is 39.6 cm³/mol. The fourth-order valence-corrected chi connectivity index (χ4v) is 0.303. The standard InChI is InChI=1S/C4H10N2O2.BrH/c5-2-1-3(6)4(7)8;/h3H,1-2,5-6H2,(H,7,8);1H/t3-;/m0./s1. The molecule has 0 spiro atoms. The van der Waals surface area contributed by atoms with E-state index in [1.54, 1.807) is 0 Å². The number of carbonyl (C=O) groups is 1. The highest BCUT2D eigenvalue weighted by Crippen LogP contribution is 1.82. The number of hydrogen-bond acceptors (Lipinski definition) is 3. The number of rotatable bonds is 3. The lowest BCUT2D eigenvalue weighted by atomic mass is 10.2. The summed E-state index contributed by atoms with van der Waals surface area (Å²) < 4.78 is 0. The molecule has 0 aromatic rings. The maximum atomic E-state index is 9.91. The van der Waals surface area contributed by atoms with Crippen LogP contribution in [0.5, 0.6) is 0 Å². The third kappa shape index (κ3) is 5.75. The first kappa shape index (κ1) is 11.6. The number of carboxylic acids is 1. The quantitative estimate of drug-likeness (QED) is 0.562. The largest absolute Gasteiger partial charge is 0.480 e. The second kappa shape index (κ2) is 6.00. The molecule has 0 bridgehead atoms. The molecule has 0 aliphatic carbocycles. The van der Waals surface area contributed by atoms with E-state index < -0.39 is 12.0 Å². The van der Waals surface area contributed by atoms with Crippen LogP contribution in [0, 0.1) is 0 Å². The number of halogens is 1. The van der Waals surface area contributed by atoms with Gasteiger partial charge in [0.05, 0.1) is 0 Å². The van der Waals surface area contributed by atoms with E-state index in [2.05, 4.69) is 0 Å². The van der Waals surface area contributed by atoms with Gasteiger partial charge in [-0.25, -0.2) is 0 Å². The van der Waals surface area contributed by atoms with Crippen molar-refractivity contribution < 1.29 is 9.90 Å². The van der Waals surface area contributed by atoms with Crippen molar-refractivity contribution in [1.29, 1.82) is 0 Å². The van der Waals surface area contributed by atoms with Crippen LogP contribution in [0.4, 0.5) is 0 Å². The highest BCUT2D eigenvalue weighted by Gasteiger charge is 2.07. The SMILES string of the molecule is Br.NCC[C@H](N)C(=O)O. The van der Waals surface area contributed by atoms with Crippen LogP contribution in [-0.4, -0.2) is 23.7 Å². The van der Waals surface area contributed by atoms with Gasteiger partial charge in [0.2, 0.25) is 0 Å². The molecule has 0 heterocycles. The second-order valence-corrected chi connectivity index (χ2v) is 1.52. The van der Waals surface area contributed by atoms with Gasteiger partial charge in [-0.15, -0.1) is 17.0 Å². The smallest absolute Gasteiger partial charge is 0.320 e. The fourth-order valence-electron chi connectivity index (χ4n) is 0.303. The van der Waals surface area contributed by atoms with Crippen molar-refractivity contribution in [3.05, 3.63) is 0 Å². The zero-order chi connectivity index (χ0) is 6.57. The van der Waals surface area contributed by atoms with Crippen molar-refractivity contribution in [2.24, 2.45) is 11.5 Å². The summed E-state index contributed by atoms with van der Waals surface area (Å²) in [5, 5.41) is 8.13. The first-order chi connectivity index (χ1) is 3.68. The van der Waals surface area contributed by atoms with E-state index in [0.717, 1.165) is 0 Å². The summed E-state index contributed by atoms with van der Waals surface area (Å²) in [6.07, 6.45) is 0.343. The van der Waals surface area contributed by atoms with Gasteiger partial charge < -0.3 is 16.6 Å². The van der Waals surface area contributed by atoms with Gasteiger partial charge in [0.1, 0.15) is 6.04 Å². The van der Waals surface area contributed by atoms with E-state index >= 15 is 0 Å². The summed E-state index contributed by atoms with van der Waals surface area (Å²) in [6.45, 7) is 0.327. The molecule has 0 amide bonds. The van der Waals surface area contributed by atoms with Crippen molar-refractivity contribution in [2.45, 2.75) is 12.5 Å². The highest BCUT2D eigenvalue weighted by atomic mass is 79.9. The van der Waals surface area contributed by atoms with E-state index in [9.17, 15) is 4.79 Å². The molecule has 5 N–H and O–H groups in total. The number of hydrogen-bond donors (Lipinski definition) is 3. The van der Waals surface area contributed by atoms with Crippen LogP contribution in [0.25, 0.3) is 0 Å². The minimum atomic E-state index is -0.990. The molecule has 0 aliphatic rings. The molecule has 0 aromatic heterocycles. The van der Waals surface area contributed by atoms with E-state index in [4.69, 9.17) is 16.6 Å². The molecule has 1 atom stereocenters. The Kier molecular flexibility index (Phi) is 7.76. The van der Waals surface area contributed by atoms with Gasteiger partial charge in [-0.1, -0.05) is 0 Å². The van der Waals surface area contributed by atoms with Crippen molar-refractivity contribution in [2.75, 3.05) is 6.54 Å². The van der Waals surface area contributed by atoms with Crippen LogP contribution in [0.3, 0.4) is 0 Å². The molecule has 0 saturated heterocycles. The average molecular weight is 199 g/mol. The fraction of sp³-hybridized carbons (Fsp3) is 0.750. The molecule has 0 saturated carbocycles. The molecule has 0 unspecified atom stereocenters. The zero-order valence-corrected chi connectivity index (χ0v) is 6.62. The van der Waals surface area contributed by atoms with Crippen LogP contribution < -0.4 is 11.5 Å². The Hall–Kier alpha value is -0.130. The summed E-state index contributed by atoms with van der Waals surface area (Å²) in [5.41, 5.74) is 10.1. The molecule has 0 rings (SSSR count). The first-order valence-corrected chi connectivity index (χ1v) is 2.37. The van der Waals surface area contributed by atoms with Gasteiger partial charge in [0.15, 0.2) is 0 Å². The maximum absolute atomic E-state index is 9.91. The van der Waals surface area contributed by atoms with Gasteiger partial charge in [0.25, 0.3) is 0 Å². The Labute approximate surface area is 64.0 Å². The maximum Gasteiger partial charge on any atom is 0.320 e. The molecular weight excluding hydrogens is 188 g/mol. The molecule has 56 valence electrons. The molecule has 5 heteroatoms. The summed E-state index contributed by atoms with van der Waals surface area (Å²) >= 11 is 0. The minimum Gasteiger partial charge on any atom is -0.480 e. The number of nitrogens with two attached hydrogens (primary N) is 2. The molecule has 0 fully saturated rings. The Morgan fingerprint density at radius 2 is 2.11 bits per heavy atom. The lowest BCUT2D eigenvalue weighted by Gasteiger charge is -2.00. The number of aliphatic carboxylic acids is 1. The normalized spacial score (nSPS) is 11.8. The van der Waals surface area contributed by atoms with Crippen molar-refractivity contribution in [1.82, 2.24) is 0 Å². The Balaban J connectivity index is 0. The van der Waals surface area contributed by atoms with Gasteiger partial charge in [-0.3, -0.25) is 4.79 Å². The molecular formula is C4H11BrN2O2. The highest BCUT2D eigenvalue weighted by molar-refractivity contribution is 8.93. The number of carboxylic acid groups (broad SMARTS) is 1. The lowest BCUT2D eigenvalue weighted by molar-refractivity contribution is -0.138. The summed E-state index contributed by atoms with van der Waals surface area (Å²) in [7, 11) is 0. The van der Waals surface area contributed by atoms with Crippen LogP contribution in [0.15, 0.2) is 0 Å². The predicted octanol–water partition coefficient (Wildman–Crippen LogP) is -0.675. The molecule has 4 nitrogen and oxygen atoms in total. The van der Waals surface area contributed by atoms with Gasteiger partial charge >= 0.3 is 5.97 Å². The van der Waals surface area contributed by atoms with Crippen molar-refractivity contribution >= 4 is 23.0 Å². The van der Waals surface area contributed by atoms with Gasteiger partial charge in [-0.05, 0) is 13.0 Å². The monoisotopic (exact) mass is 198 g/mol. The topological polar surface area (TPSA) is 89.3 Å². The third-order valence-corrected chi connectivity index (χ3v) is 0.795. The Morgan fingerprint density at radius 1 is 1.67 bits per heavy atom. The third-order valence-electron chi connectivity index (χ3n) is 0.795. The Bertz CT molecular complexity index is 88.6. The van der Waals surface area contributed by atoms with Crippen molar-refractivity contribution in [3.63, 3.8) is 0 Å². The van der Waals surface area contributed by atoms with Crippen molar-refractivity contribution in [3.8, 4) is 0 Å². The first-order valence-electron chi connectivity index (χ1n) is 2.37. The molecule has 0 aliphatic heterocycles. The van der Waals surface area contributed by atoms with Gasteiger partial charge in [-0.2, -0.15) is 0 Å². The summed E-state index contributed by atoms with van der Waals surface area (Å²) in [5.74, 6) is -0.990. The van der Waals surface area contributed by atoms with Crippen LogP contribution >= 0.6 is 17.0 Å². The second-order valence-electron chi connectivity index (χ2n) is 1.52. The van der Waals surface area contributed by atoms with Crippen LogP contribution in [0.1, 0.15) is 6.42 Å². The Morgan fingerprint density at radius 3 is 2.22 bits per heavy atom. The van der Waals surface area contributed by atoms with Crippen LogP contribution in [-0.2, 0) is 4.79 Å². The molecule has 9 heavy (non-hydrogen) atoms. The van der Waals surface area contributed by atoms with E-state index in [1.807, 2.05) is 0 Å². The van der Waals surface area contributed by atoms with Crippen LogP contribution in [0.2, 0.25) is 0 Å². The zero-order valence-electron chi connectivity index (χ0n) is 4.91. The molecule has 0 aromatic carbocycles. The lowest BCUT2D eigenvalue weighted by Crippen LogP contribution is -2.32. The van der Waals surface area contributed by atoms with E-state index in [1.165, 1.54) is 0 Å². The minimum absolute atomic E-state index is 0. The van der Waals surface area contributed by atoms with E-state index in [0.29, 0.717) is 13.0 Å². The average Bonchev–Trinajstić information content (AvgIpc) is 1.67. The molecule has 0 radical (unpaired) electrons.